The summed E-state index contributed by atoms with van der Waals surface area (Å²) in [6.45, 7) is 2.82. The van der Waals surface area contributed by atoms with Crippen molar-refractivity contribution in [2.24, 2.45) is 0 Å². The highest BCUT2D eigenvalue weighted by molar-refractivity contribution is 6.16. The van der Waals surface area contributed by atoms with E-state index in [2.05, 4.69) is 10.2 Å². The molecule has 4 nitrogen and oxygen atoms in total. The van der Waals surface area contributed by atoms with E-state index in [1.165, 1.54) is 0 Å². The number of hydrogen-bond donors (Lipinski definition) is 0. The molecule has 2 rings (SSSR count). The molecule has 18 heavy (non-hydrogen) atoms. The van der Waals surface area contributed by atoms with E-state index in [1.54, 1.807) is 7.11 Å². The molecule has 0 fully saturated rings. The number of rotatable bonds is 5. The molecular weight excluding hydrogens is 250 g/mol. The van der Waals surface area contributed by atoms with Gasteiger partial charge in [-0.15, -0.1) is 21.8 Å². The van der Waals surface area contributed by atoms with Crippen LogP contribution >= 0.6 is 11.6 Å². The molecule has 1 unspecified atom stereocenters. The van der Waals surface area contributed by atoms with Crippen LogP contribution in [0.1, 0.15) is 30.2 Å². The van der Waals surface area contributed by atoms with E-state index in [4.69, 9.17) is 16.3 Å². The Morgan fingerprint density at radius 3 is 2.56 bits per heavy atom. The van der Waals surface area contributed by atoms with Gasteiger partial charge in [0.25, 0.3) is 0 Å². The lowest BCUT2D eigenvalue weighted by atomic mass is 10.1. The molecule has 0 N–H and O–H groups in total. The van der Waals surface area contributed by atoms with Gasteiger partial charge in [0, 0.05) is 13.7 Å². The lowest BCUT2D eigenvalue weighted by molar-refractivity contribution is 0.125. The number of hydrogen-bond acceptors (Lipinski definition) is 3. The van der Waals surface area contributed by atoms with Gasteiger partial charge in [-0.1, -0.05) is 30.3 Å². The third kappa shape index (κ3) is 2.40. The van der Waals surface area contributed by atoms with Crippen molar-refractivity contribution >= 4 is 11.6 Å². The Morgan fingerprint density at radius 1 is 1.28 bits per heavy atom. The summed E-state index contributed by atoms with van der Waals surface area (Å²) in [4.78, 5) is 0. The topological polar surface area (TPSA) is 39.9 Å². The Balaban J connectivity index is 2.42. The molecule has 1 heterocycles. The average Bonchev–Trinajstić information content (AvgIpc) is 2.83. The van der Waals surface area contributed by atoms with E-state index in [1.807, 2.05) is 41.8 Å². The van der Waals surface area contributed by atoms with Crippen LogP contribution in [0, 0.1) is 0 Å². The van der Waals surface area contributed by atoms with E-state index >= 15 is 0 Å². The summed E-state index contributed by atoms with van der Waals surface area (Å²) in [5.74, 6) is 1.92. The normalized spacial score (nSPS) is 12.6. The molecule has 0 saturated heterocycles. The van der Waals surface area contributed by atoms with Gasteiger partial charge in [-0.05, 0) is 12.5 Å². The first-order valence-corrected chi connectivity index (χ1v) is 6.41. The van der Waals surface area contributed by atoms with E-state index < -0.39 is 0 Å². The highest BCUT2D eigenvalue weighted by atomic mass is 35.5. The van der Waals surface area contributed by atoms with Crippen molar-refractivity contribution < 1.29 is 4.74 Å². The molecule has 1 atom stereocenters. The van der Waals surface area contributed by atoms with Crippen molar-refractivity contribution in [2.75, 3.05) is 7.11 Å². The van der Waals surface area contributed by atoms with Crippen molar-refractivity contribution in [3.05, 3.63) is 47.5 Å². The number of halogens is 1. The number of ether oxygens (including phenoxy) is 1. The second kappa shape index (κ2) is 5.98. The van der Waals surface area contributed by atoms with E-state index in [9.17, 15) is 0 Å². The predicted octanol–water partition coefficient (Wildman–Crippen LogP) is 2.77. The second-order valence-electron chi connectivity index (χ2n) is 3.88. The summed E-state index contributed by atoms with van der Waals surface area (Å²) in [6, 6.07) is 9.98. The van der Waals surface area contributed by atoms with Gasteiger partial charge >= 0.3 is 0 Å². The van der Waals surface area contributed by atoms with Crippen molar-refractivity contribution in [2.45, 2.75) is 25.5 Å². The van der Waals surface area contributed by atoms with Crippen molar-refractivity contribution in [1.82, 2.24) is 14.8 Å². The SMILES string of the molecule is CCn1c(CCl)nnc1C(OC)c1ccccc1. The Hall–Kier alpha value is -1.39. The molecule has 0 saturated carbocycles. The van der Waals surface area contributed by atoms with E-state index in [0.717, 1.165) is 23.8 Å². The average molecular weight is 266 g/mol. The molecule has 0 amide bonds. The predicted molar refractivity (Wildman–Crippen MR) is 70.5 cm³/mol. The largest absolute Gasteiger partial charge is 0.369 e. The molecule has 0 radical (unpaired) electrons. The number of benzene rings is 1. The lowest BCUT2D eigenvalue weighted by Gasteiger charge is -2.16. The third-order valence-electron chi connectivity index (χ3n) is 2.86. The van der Waals surface area contributed by atoms with Gasteiger partial charge in [0.2, 0.25) is 0 Å². The Morgan fingerprint density at radius 2 is 2.00 bits per heavy atom. The summed E-state index contributed by atoms with van der Waals surface area (Å²) in [5, 5.41) is 8.31. The summed E-state index contributed by atoms with van der Waals surface area (Å²) in [5.41, 5.74) is 1.06. The lowest BCUT2D eigenvalue weighted by Crippen LogP contribution is -2.12. The molecule has 5 heteroatoms. The summed E-state index contributed by atoms with van der Waals surface area (Å²) in [6.07, 6.45) is -0.212. The standard InChI is InChI=1S/C13H16ClN3O/c1-3-17-11(9-14)15-16-13(17)12(18-2)10-7-5-4-6-8-10/h4-8,12H,3,9H2,1-2H3. The summed E-state index contributed by atoms with van der Waals surface area (Å²) in [7, 11) is 1.67. The third-order valence-corrected chi connectivity index (χ3v) is 3.10. The first-order chi connectivity index (χ1) is 8.81. The van der Waals surface area contributed by atoms with Gasteiger partial charge in [0.1, 0.15) is 11.9 Å². The molecule has 2 aromatic rings. The molecule has 0 bridgehead atoms. The number of methoxy groups -OCH3 is 1. The minimum atomic E-state index is -0.212. The molecule has 1 aromatic carbocycles. The maximum atomic E-state index is 5.85. The summed E-state index contributed by atoms with van der Waals surface area (Å²) >= 11 is 5.85. The van der Waals surface area contributed by atoms with Crippen LogP contribution in [-0.4, -0.2) is 21.9 Å². The van der Waals surface area contributed by atoms with Crippen LogP contribution in [-0.2, 0) is 17.2 Å². The van der Waals surface area contributed by atoms with Crippen LogP contribution in [0.4, 0.5) is 0 Å². The van der Waals surface area contributed by atoms with Gasteiger partial charge in [-0.3, -0.25) is 0 Å². The first-order valence-electron chi connectivity index (χ1n) is 5.87. The zero-order chi connectivity index (χ0) is 13.0. The summed E-state index contributed by atoms with van der Waals surface area (Å²) < 4.78 is 7.55. The van der Waals surface area contributed by atoms with Crippen LogP contribution in [0.15, 0.2) is 30.3 Å². The van der Waals surface area contributed by atoms with Gasteiger partial charge in [-0.25, -0.2) is 0 Å². The maximum Gasteiger partial charge on any atom is 0.166 e. The van der Waals surface area contributed by atoms with Crippen LogP contribution in [0.2, 0.25) is 0 Å². The minimum Gasteiger partial charge on any atom is -0.369 e. The Labute approximate surface area is 112 Å². The monoisotopic (exact) mass is 265 g/mol. The smallest absolute Gasteiger partial charge is 0.166 e. The second-order valence-corrected chi connectivity index (χ2v) is 4.15. The van der Waals surface area contributed by atoms with Crippen molar-refractivity contribution in [1.29, 1.82) is 0 Å². The molecule has 0 aliphatic heterocycles. The highest BCUT2D eigenvalue weighted by Crippen LogP contribution is 2.24. The van der Waals surface area contributed by atoms with Gasteiger partial charge in [0.05, 0.1) is 5.88 Å². The number of aromatic nitrogens is 3. The zero-order valence-electron chi connectivity index (χ0n) is 10.5. The van der Waals surface area contributed by atoms with Gasteiger partial charge in [0.15, 0.2) is 5.82 Å². The number of alkyl halides is 1. The first kappa shape index (κ1) is 13.1. The zero-order valence-corrected chi connectivity index (χ0v) is 11.3. The molecule has 0 aliphatic carbocycles. The van der Waals surface area contributed by atoms with Gasteiger partial charge < -0.3 is 9.30 Å². The fourth-order valence-corrected chi connectivity index (χ4v) is 2.20. The Kier molecular flexibility index (Phi) is 4.33. The highest BCUT2D eigenvalue weighted by Gasteiger charge is 2.21. The van der Waals surface area contributed by atoms with Gasteiger partial charge in [-0.2, -0.15) is 0 Å². The van der Waals surface area contributed by atoms with Crippen LogP contribution in [0.5, 0.6) is 0 Å². The fraction of sp³-hybridized carbons (Fsp3) is 0.385. The van der Waals surface area contributed by atoms with E-state index in [-0.39, 0.29) is 6.10 Å². The van der Waals surface area contributed by atoms with Crippen LogP contribution in [0.25, 0.3) is 0 Å². The van der Waals surface area contributed by atoms with E-state index in [0.29, 0.717) is 5.88 Å². The number of nitrogens with zero attached hydrogens (tertiary/aromatic N) is 3. The minimum absolute atomic E-state index is 0.212. The van der Waals surface area contributed by atoms with Crippen LogP contribution in [0.3, 0.4) is 0 Å². The molecule has 1 aromatic heterocycles. The maximum absolute atomic E-state index is 5.85. The quantitative estimate of drug-likeness (QED) is 0.781. The Bertz CT molecular complexity index is 498. The van der Waals surface area contributed by atoms with Crippen molar-refractivity contribution in [3.63, 3.8) is 0 Å². The molecule has 0 aliphatic rings. The molecule has 0 spiro atoms. The molecular formula is C13H16ClN3O. The fourth-order valence-electron chi connectivity index (χ4n) is 2.00. The van der Waals surface area contributed by atoms with Crippen LogP contribution < -0.4 is 0 Å². The van der Waals surface area contributed by atoms with Crippen molar-refractivity contribution in [3.8, 4) is 0 Å². The molecule has 96 valence electrons.